The lowest BCUT2D eigenvalue weighted by Crippen LogP contribution is -2.16. The Bertz CT molecular complexity index is 1380. The van der Waals surface area contributed by atoms with Crippen LogP contribution < -0.4 is 10.1 Å². The van der Waals surface area contributed by atoms with Gasteiger partial charge in [0.1, 0.15) is 5.75 Å². The number of halogens is 5. The van der Waals surface area contributed by atoms with Crippen molar-refractivity contribution in [1.29, 1.82) is 0 Å². The van der Waals surface area contributed by atoms with Gasteiger partial charge >= 0.3 is 5.57 Å². The molecule has 0 saturated carbocycles. The Kier molecular flexibility index (Phi) is 7.11. The SMILES string of the molecule is CC[C@@H](C)n1c(C(F)F)nc2cc(C(=O)Nc3ccc(OC(F)(F)Cl)cc3)cc(-c3cccnn3)c21. The minimum Gasteiger partial charge on any atom is -0.420 e. The molecule has 0 fully saturated rings. The summed E-state index contributed by atoms with van der Waals surface area (Å²) in [5.41, 5.74) is -2.04. The lowest BCUT2D eigenvalue weighted by Gasteiger charge is -2.17. The maximum Gasteiger partial charge on any atom is 0.487 e. The zero-order valence-electron chi connectivity index (χ0n) is 19.1. The zero-order chi connectivity index (χ0) is 26.0. The Labute approximate surface area is 208 Å². The molecule has 4 rings (SSSR count). The molecule has 0 bridgehead atoms. The van der Waals surface area contributed by atoms with Crippen LogP contribution in [-0.4, -0.2) is 31.2 Å². The number of ether oxygens (including phenoxy) is 1. The lowest BCUT2D eigenvalue weighted by molar-refractivity contribution is -0.0964. The van der Waals surface area contributed by atoms with Crippen LogP contribution in [0.1, 0.15) is 48.9 Å². The predicted octanol–water partition coefficient (Wildman–Crippen LogP) is 6.82. The van der Waals surface area contributed by atoms with Gasteiger partial charge in [0.2, 0.25) is 0 Å². The fourth-order valence-electron chi connectivity index (χ4n) is 3.75. The van der Waals surface area contributed by atoms with Crippen LogP contribution >= 0.6 is 11.6 Å². The van der Waals surface area contributed by atoms with E-state index in [0.29, 0.717) is 23.2 Å². The molecule has 4 aromatic rings. The van der Waals surface area contributed by atoms with Gasteiger partial charge in [0.05, 0.1) is 16.7 Å². The van der Waals surface area contributed by atoms with Crippen molar-refractivity contribution in [2.75, 3.05) is 5.32 Å². The van der Waals surface area contributed by atoms with Crippen LogP contribution in [0.2, 0.25) is 0 Å². The summed E-state index contributed by atoms with van der Waals surface area (Å²) in [5.74, 6) is -1.18. The number of amides is 1. The summed E-state index contributed by atoms with van der Waals surface area (Å²) < 4.78 is 59.2. The van der Waals surface area contributed by atoms with Gasteiger partial charge in [-0.05, 0) is 61.9 Å². The molecule has 2 aromatic carbocycles. The summed E-state index contributed by atoms with van der Waals surface area (Å²) in [6.07, 6.45) is -0.788. The fourth-order valence-corrected chi connectivity index (χ4v) is 3.84. The van der Waals surface area contributed by atoms with E-state index >= 15 is 0 Å². The maximum absolute atomic E-state index is 13.9. The van der Waals surface area contributed by atoms with Crippen LogP contribution in [0.25, 0.3) is 22.3 Å². The second-order valence-electron chi connectivity index (χ2n) is 7.92. The smallest absolute Gasteiger partial charge is 0.420 e. The Morgan fingerprint density at radius 1 is 1.19 bits per heavy atom. The van der Waals surface area contributed by atoms with Crippen LogP contribution in [0.3, 0.4) is 0 Å². The highest BCUT2D eigenvalue weighted by Crippen LogP contribution is 2.36. The van der Waals surface area contributed by atoms with Crippen LogP contribution in [0, 0.1) is 0 Å². The van der Waals surface area contributed by atoms with Gasteiger partial charge in [0, 0.05) is 40.7 Å². The van der Waals surface area contributed by atoms with Gasteiger partial charge in [-0.3, -0.25) is 4.79 Å². The third-order valence-electron chi connectivity index (χ3n) is 5.50. The van der Waals surface area contributed by atoms with Gasteiger partial charge < -0.3 is 14.6 Å². The first-order chi connectivity index (χ1) is 17.1. The van der Waals surface area contributed by atoms with Crippen LogP contribution in [-0.2, 0) is 0 Å². The van der Waals surface area contributed by atoms with Crippen molar-refractivity contribution in [3.8, 4) is 17.0 Å². The number of hydrogen-bond acceptors (Lipinski definition) is 5. The quantitative estimate of drug-likeness (QED) is 0.203. The number of nitrogens with zero attached hydrogens (tertiary/aromatic N) is 4. The number of fused-ring (bicyclic) bond motifs is 1. The Morgan fingerprint density at radius 2 is 1.92 bits per heavy atom. The van der Waals surface area contributed by atoms with Crippen LogP contribution in [0.15, 0.2) is 54.7 Å². The summed E-state index contributed by atoms with van der Waals surface area (Å²) >= 11 is 4.76. The van der Waals surface area contributed by atoms with Crippen molar-refractivity contribution in [3.05, 3.63) is 66.1 Å². The van der Waals surface area contributed by atoms with E-state index in [0.717, 1.165) is 0 Å². The summed E-state index contributed by atoms with van der Waals surface area (Å²) in [5, 5.41) is 10.6. The molecule has 2 heterocycles. The number of rotatable bonds is 8. The van der Waals surface area contributed by atoms with Crippen molar-refractivity contribution in [3.63, 3.8) is 0 Å². The molecule has 0 unspecified atom stereocenters. The highest BCUT2D eigenvalue weighted by Gasteiger charge is 2.28. The molecule has 1 atom stereocenters. The minimum absolute atomic E-state index is 0.130. The Morgan fingerprint density at radius 3 is 2.50 bits per heavy atom. The topological polar surface area (TPSA) is 81.9 Å². The van der Waals surface area contributed by atoms with Crippen molar-refractivity contribution in [2.45, 2.75) is 38.3 Å². The number of carbonyl (C=O) groups is 1. The largest absolute Gasteiger partial charge is 0.487 e. The number of carbonyl (C=O) groups excluding carboxylic acids is 1. The van der Waals surface area contributed by atoms with E-state index < -0.39 is 23.7 Å². The molecule has 7 nitrogen and oxygen atoms in total. The monoisotopic (exact) mass is 521 g/mol. The first-order valence-corrected chi connectivity index (χ1v) is 11.2. The molecule has 0 radical (unpaired) electrons. The van der Waals surface area contributed by atoms with E-state index in [2.05, 4.69) is 25.2 Å². The molecule has 0 aliphatic rings. The molecular formula is C24H20ClF4N5O2. The minimum atomic E-state index is -3.87. The highest BCUT2D eigenvalue weighted by molar-refractivity contribution is 6.20. The van der Waals surface area contributed by atoms with E-state index in [1.807, 2.05) is 13.8 Å². The normalized spacial score (nSPS) is 12.7. The van der Waals surface area contributed by atoms with Gasteiger partial charge in [-0.1, -0.05) is 6.92 Å². The van der Waals surface area contributed by atoms with Crippen molar-refractivity contribution >= 4 is 34.2 Å². The second-order valence-corrected chi connectivity index (χ2v) is 8.36. The summed E-state index contributed by atoms with van der Waals surface area (Å²) in [4.78, 5) is 17.2. The molecule has 0 aliphatic carbocycles. The average Bonchev–Trinajstić information content (AvgIpc) is 3.24. The summed E-state index contributed by atoms with van der Waals surface area (Å²) in [6.45, 7) is 3.68. The molecule has 1 amide bonds. The van der Waals surface area contributed by atoms with Crippen molar-refractivity contribution in [2.24, 2.45) is 0 Å². The van der Waals surface area contributed by atoms with E-state index in [9.17, 15) is 22.4 Å². The third-order valence-corrected chi connectivity index (χ3v) is 5.57. The van der Waals surface area contributed by atoms with Gasteiger partial charge in [-0.25, -0.2) is 13.8 Å². The highest BCUT2D eigenvalue weighted by atomic mass is 35.5. The first kappa shape index (κ1) is 25.4. The predicted molar refractivity (Wildman–Crippen MR) is 127 cm³/mol. The number of anilines is 1. The van der Waals surface area contributed by atoms with E-state index in [1.165, 1.54) is 47.2 Å². The molecule has 1 N–H and O–H groups in total. The lowest BCUT2D eigenvalue weighted by atomic mass is 10.0. The molecular weight excluding hydrogens is 502 g/mol. The number of imidazole rings is 1. The van der Waals surface area contributed by atoms with Gasteiger partial charge in [-0.2, -0.15) is 10.2 Å². The maximum atomic E-state index is 13.9. The number of benzene rings is 2. The number of nitrogens with one attached hydrogen (secondary N) is 1. The molecule has 36 heavy (non-hydrogen) atoms. The average molecular weight is 522 g/mol. The van der Waals surface area contributed by atoms with E-state index in [1.54, 1.807) is 12.1 Å². The molecule has 2 aromatic heterocycles. The van der Waals surface area contributed by atoms with Crippen molar-refractivity contribution in [1.82, 2.24) is 19.7 Å². The molecule has 0 aliphatic heterocycles. The van der Waals surface area contributed by atoms with E-state index in [-0.39, 0.29) is 28.6 Å². The first-order valence-electron chi connectivity index (χ1n) is 10.9. The number of alkyl halides is 5. The summed E-state index contributed by atoms with van der Waals surface area (Å²) in [6, 6.07) is 11.1. The Hall–Kier alpha value is -3.73. The van der Waals surface area contributed by atoms with Crippen LogP contribution in [0.4, 0.5) is 23.2 Å². The third kappa shape index (κ3) is 5.40. The van der Waals surface area contributed by atoms with Crippen molar-refractivity contribution < 1.29 is 27.1 Å². The summed E-state index contributed by atoms with van der Waals surface area (Å²) in [7, 11) is 0. The van der Waals surface area contributed by atoms with Gasteiger partial charge in [0.15, 0.2) is 5.82 Å². The standard InChI is InChI=1S/C24H20ClF4N5O2/c1-3-13(2)34-20-17(18-5-4-10-30-33-18)11-14(12-19(20)32-22(34)21(26)27)23(35)31-15-6-8-16(9-7-15)36-24(25,28)29/h4-13,21H,3H2,1-2H3,(H,31,35)/t13-/m1/s1. The molecule has 12 heteroatoms. The fraction of sp³-hybridized carbons (Fsp3) is 0.250. The van der Waals surface area contributed by atoms with Gasteiger partial charge in [-0.15, -0.1) is 8.78 Å². The van der Waals surface area contributed by atoms with Crippen LogP contribution in [0.5, 0.6) is 5.75 Å². The van der Waals surface area contributed by atoms with E-state index in [4.69, 9.17) is 11.6 Å². The number of hydrogen-bond donors (Lipinski definition) is 1. The number of aromatic nitrogens is 4. The zero-order valence-corrected chi connectivity index (χ0v) is 19.8. The molecule has 188 valence electrons. The second kappa shape index (κ2) is 10.1. The van der Waals surface area contributed by atoms with Gasteiger partial charge in [0.25, 0.3) is 12.3 Å². The molecule has 0 spiro atoms. The Balaban J connectivity index is 1.78. The molecule has 0 saturated heterocycles.